The van der Waals surface area contributed by atoms with Crippen LogP contribution >= 0.6 is 15.9 Å². The van der Waals surface area contributed by atoms with Crippen molar-refractivity contribution in [2.75, 3.05) is 20.1 Å². The summed E-state index contributed by atoms with van der Waals surface area (Å²) >= 11 is 3.38. The Morgan fingerprint density at radius 1 is 1.53 bits per heavy atom. The van der Waals surface area contributed by atoms with Gasteiger partial charge in [0.15, 0.2) is 0 Å². The van der Waals surface area contributed by atoms with Crippen molar-refractivity contribution in [1.82, 2.24) is 10.2 Å². The molecule has 1 aliphatic rings. The third-order valence-corrected chi connectivity index (χ3v) is 3.32. The number of carbonyl (C=O) groups excluding carboxylic acids is 1. The Bertz CT molecular complexity index is 237. The fourth-order valence-electron chi connectivity index (χ4n) is 1.91. The van der Waals surface area contributed by atoms with Gasteiger partial charge in [-0.1, -0.05) is 22.9 Å². The highest BCUT2D eigenvalue weighted by atomic mass is 79.9. The van der Waals surface area contributed by atoms with Crippen LogP contribution in [0.2, 0.25) is 0 Å². The van der Waals surface area contributed by atoms with Crippen LogP contribution in [0.15, 0.2) is 0 Å². The molecule has 0 spiro atoms. The van der Waals surface area contributed by atoms with E-state index in [-0.39, 0.29) is 5.91 Å². The average Bonchev–Trinajstić information content (AvgIpc) is 2.08. The molecular formula is C11H21BrN2O. The Kier molecular flexibility index (Phi) is 4.18. The molecule has 88 valence electrons. The van der Waals surface area contributed by atoms with Crippen molar-refractivity contribution < 1.29 is 4.79 Å². The van der Waals surface area contributed by atoms with Crippen LogP contribution < -0.4 is 5.32 Å². The molecule has 1 N–H and O–H groups in total. The molecule has 1 fully saturated rings. The van der Waals surface area contributed by atoms with Gasteiger partial charge in [0.2, 0.25) is 5.91 Å². The van der Waals surface area contributed by atoms with E-state index in [4.69, 9.17) is 0 Å². The smallest absolute Gasteiger partial charge is 0.236 e. The standard InChI is InChI=1S/C11H21BrN2O/c1-8-7-14(4)6-5-9(8)13-10(15)11(2,3)12/h8-9H,5-7H2,1-4H3,(H,13,15). The van der Waals surface area contributed by atoms with Crippen LogP contribution in [0.25, 0.3) is 0 Å². The number of alkyl halides is 1. The molecule has 3 nitrogen and oxygen atoms in total. The molecule has 0 aliphatic carbocycles. The normalized spacial score (nSPS) is 28.9. The second-order valence-electron chi connectivity index (χ2n) is 5.08. The number of nitrogens with zero attached hydrogens (tertiary/aromatic N) is 1. The lowest BCUT2D eigenvalue weighted by Gasteiger charge is -2.36. The van der Waals surface area contributed by atoms with Gasteiger partial charge in [0, 0.05) is 12.6 Å². The van der Waals surface area contributed by atoms with Crippen molar-refractivity contribution in [1.29, 1.82) is 0 Å². The highest BCUT2D eigenvalue weighted by Gasteiger charge is 2.30. The van der Waals surface area contributed by atoms with Gasteiger partial charge >= 0.3 is 0 Å². The maximum atomic E-state index is 11.8. The third kappa shape index (κ3) is 3.76. The van der Waals surface area contributed by atoms with Crippen molar-refractivity contribution in [3.05, 3.63) is 0 Å². The maximum Gasteiger partial charge on any atom is 0.236 e. The summed E-state index contributed by atoms with van der Waals surface area (Å²) in [4.78, 5) is 14.1. The lowest BCUT2D eigenvalue weighted by Crippen LogP contribution is -2.52. The van der Waals surface area contributed by atoms with Crippen LogP contribution in [0.3, 0.4) is 0 Å². The monoisotopic (exact) mass is 276 g/mol. The van der Waals surface area contributed by atoms with Gasteiger partial charge in [-0.3, -0.25) is 4.79 Å². The van der Waals surface area contributed by atoms with E-state index in [1.807, 2.05) is 13.8 Å². The van der Waals surface area contributed by atoms with Crippen molar-refractivity contribution in [3.8, 4) is 0 Å². The minimum Gasteiger partial charge on any atom is -0.352 e. The van der Waals surface area contributed by atoms with Gasteiger partial charge in [-0.2, -0.15) is 0 Å². The number of halogens is 1. The van der Waals surface area contributed by atoms with E-state index >= 15 is 0 Å². The van der Waals surface area contributed by atoms with E-state index in [0.717, 1.165) is 19.5 Å². The summed E-state index contributed by atoms with van der Waals surface area (Å²) in [6.45, 7) is 8.08. The van der Waals surface area contributed by atoms with Crippen LogP contribution in [-0.4, -0.2) is 41.3 Å². The quantitative estimate of drug-likeness (QED) is 0.778. The molecule has 15 heavy (non-hydrogen) atoms. The molecule has 1 amide bonds. The molecule has 4 heteroatoms. The molecular weight excluding hydrogens is 256 g/mol. The Balaban J connectivity index is 2.49. The average molecular weight is 277 g/mol. The van der Waals surface area contributed by atoms with Crippen molar-refractivity contribution in [2.24, 2.45) is 5.92 Å². The fourth-order valence-corrected chi connectivity index (χ4v) is 2.02. The summed E-state index contributed by atoms with van der Waals surface area (Å²) in [7, 11) is 2.13. The molecule has 2 unspecified atom stereocenters. The highest BCUT2D eigenvalue weighted by Crippen LogP contribution is 2.19. The number of amides is 1. The zero-order valence-electron chi connectivity index (χ0n) is 10.0. The lowest BCUT2D eigenvalue weighted by atomic mass is 9.93. The fraction of sp³-hybridized carbons (Fsp3) is 0.909. The molecule has 0 aromatic carbocycles. The summed E-state index contributed by atoms with van der Waals surface area (Å²) in [6.07, 6.45) is 1.05. The van der Waals surface area contributed by atoms with Crippen molar-refractivity contribution in [3.63, 3.8) is 0 Å². The number of carbonyl (C=O) groups is 1. The van der Waals surface area contributed by atoms with E-state index < -0.39 is 4.32 Å². The minimum atomic E-state index is -0.462. The topological polar surface area (TPSA) is 32.3 Å². The molecule has 0 radical (unpaired) electrons. The van der Waals surface area contributed by atoms with E-state index in [9.17, 15) is 4.79 Å². The number of hydrogen-bond donors (Lipinski definition) is 1. The predicted molar refractivity (Wildman–Crippen MR) is 66.2 cm³/mol. The van der Waals surface area contributed by atoms with Gasteiger partial charge in [-0.25, -0.2) is 0 Å². The van der Waals surface area contributed by atoms with E-state index in [2.05, 4.69) is 40.1 Å². The number of likely N-dealkylation sites (tertiary alicyclic amines) is 1. The van der Waals surface area contributed by atoms with Crippen LogP contribution in [0.4, 0.5) is 0 Å². The van der Waals surface area contributed by atoms with E-state index in [0.29, 0.717) is 12.0 Å². The third-order valence-electron chi connectivity index (χ3n) is 2.96. The second kappa shape index (κ2) is 4.83. The van der Waals surface area contributed by atoms with E-state index in [1.165, 1.54) is 0 Å². The Labute approximate surface area is 101 Å². The SMILES string of the molecule is CC1CN(C)CCC1NC(=O)C(C)(C)Br. The van der Waals surface area contributed by atoms with Crippen LogP contribution in [0, 0.1) is 5.92 Å². The van der Waals surface area contributed by atoms with Crippen LogP contribution in [0.5, 0.6) is 0 Å². The highest BCUT2D eigenvalue weighted by molar-refractivity contribution is 9.10. The number of piperidine rings is 1. The molecule has 0 bridgehead atoms. The molecule has 1 heterocycles. The van der Waals surface area contributed by atoms with Gasteiger partial charge in [-0.05, 0) is 39.8 Å². The Morgan fingerprint density at radius 2 is 2.13 bits per heavy atom. The van der Waals surface area contributed by atoms with Gasteiger partial charge < -0.3 is 10.2 Å². The molecule has 0 aromatic heterocycles. The minimum absolute atomic E-state index is 0.0869. The zero-order valence-corrected chi connectivity index (χ0v) is 11.6. The number of nitrogens with one attached hydrogen (secondary N) is 1. The molecule has 0 saturated carbocycles. The van der Waals surface area contributed by atoms with Crippen molar-refractivity contribution in [2.45, 2.75) is 37.6 Å². The number of rotatable bonds is 2. The first-order valence-corrected chi connectivity index (χ1v) is 6.28. The zero-order chi connectivity index (χ0) is 11.6. The first kappa shape index (κ1) is 13.0. The second-order valence-corrected chi connectivity index (χ2v) is 7.06. The van der Waals surface area contributed by atoms with Crippen LogP contribution in [-0.2, 0) is 4.79 Å². The Morgan fingerprint density at radius 3 is 2.60 bits per heavy atom. The Hall–Kier alpha value is -0.0900. The van der Waals surface area contributed by atoms with Crippen LogP contribution in [0.1, 0.15) is 27.2 Å². The lowest BCUT2D eigenvalue weighted by molar-refractivity contribution is -0.123. The van der Waals surface area contributed by atoms with Gasteiger partial charge in [0.1, 0.15) is 0 Å². The molecule has 1 saturated heterocycles. The first-order valence-electron chi connectivity index (χ1n) is 5.49. The molecule has 2 atom stereocenters. The van der Waals surface area contributed by atoms with Crippen molar-refractivity contribution >= 4 is 21.8 Å². The summed E-state index contributed by atoms with van der Waals surface area (Å²) in [5.41, 5.74) is 0. The molecule has 0 aromatic rings. The van der Waals surface area contributed by atoms with Gasteiger partial charge in [0.25, 0.3) is 0 Å². The molecule has 1 aliphatic heterocycles. The largest absolute Gasteiger partial charge is 0.352 e. The predicted octanol–water partition coefficient (Wildman–Crippen LogP) is 1.62. The summed E-state index contributed by atoms with van der Waals surface area (Å²) < 4.78 is -0.462. The molecule has 1 rings (SSSR count). The van der Waals surface area contributed by atoms with E-state index in [1.54, 1.807) is 0 Å². The summed E-state index contributed by atoms with van der Waals surface area (Å²) in [6, 6.07) is 0.325. The van der Waals surface area contributed by atoms with Gasteiger partial charge in [0.05, 0.1) is 4.32 Å². The maximum absolute atomic E-state index is 11.8. The van der Waals surface area contributed by atoms with Gasteiger partial charge in [-0.15, -0.1) is 0 Å². The summed E-state index contributed by atoms with van der Waals surface area (Å²) in [5.74, 6) is 0.617. The summed E-state index contributed by atoms with van der Waals surface area (Å²) in [5, 5.41) is 3.12. The number of hydrogen-bond acceptors (Lipinski definition) is 2. The first-order chi connectivity index (χ1) is 6.80.